The first-order chi connectivity index (χ1) is 14.5. The van der Waals surface area contributed by atoms with Crippen LogP contribution in [-0.4, -0.2) is 62.4 Å². The summed E-state index contributed by atoms with van der Waals surface area (Å²) < 4.78 is 33.9. The number of halogens is 3. The number of aryl methyl sites for hydroxylation is 1. The molecule has 1 aromatic carbocycles. The predicted octanol–water partition coefficient (Wildman–Crippen LogP) is 1.55. The SMILES string of the molecule is CCn1c(CCNC(=O)[C@H]2CC[C@@H](C(=O)O)N2)nc2ccccc21.O=C(O)C(F)(F)F. The minimum atomic E-state index is -5.08. The Morgan fingerprint density at radius 3 is 2.35 bits per heavy atom. The summed E-state index contributed by atoms with van der Waals surface area (Å²) >= 11 is 0. The van der Waals surface area contributed by atoms with E-state index in [2.05, 4.69) is 27.1 Å². The van der Waals surface area contributed by atoms with Crippen molar-refractivity contribution in [3.8, 4) is 0 Å². The highest BCUT2D eigenvalue weighted by molar-refractivity contribution is 5.84. The van der Waals surface area contributed by atoms with E-state index in [0.29, 0.717) is 25.8 Å². The molecule has 1 saturated heterocycles. The minimum Gasteiger partial charge on any atom is -0.480 e. The molecule has 0 bridgehead atoms. The van der Waals surface area contributed by atoms with Gasteiger partial charge in [-0.3, -0.25) is 14.9 Å². The molecule has 31 heavy (non-hydrogen) atoms. The van der Waals surface area contributed by atoms with E-state index >= 15 is 0 Å². The summed E-state index contributed by atoms with van der Waals surface area (Å²) in [6, 6.07) is 6.94. The fraction of sp³-hybridized carbons (Fsp3) is 0.474. The van der Waals surface area contributed by atoms with Crippen LogP contribution in [0.4, 0.5) is 13.2 Å². The van der Waals surface area contributed by atoms with Crippen LogP contribution in [0.25, 0.3) is 11.0 Å². The molecule has 1 aliphatic heterocycles. The van der Waals surface area contributed by atoms with Gasteiger partial charge in [0.05, 0.1) is 17.1 Å². The number of para-hydroxylation sites is 2. The van der Waals surface area contributed by atoms with Gasteiger partial charge in [0.1, 0.15) is 11.9 Å². The highest BCUT2D eigenvalue weighted by Crippen LogP contribution is 2.16. The van der Waals surface area contributed by atoms with Gasteiger partial charge in [-0.05, 0) is 31.9 Å². The van der Waals surface area contributed by atoms with Crippen LogP contribution >= 0.6 is 0 Å². The second kappa shape index (κ2) is 10.2. The lowest BCUT2D eigenvalue weighted by Gasteiger charge is -2.12. The molecule has 4 N–H and O–H groups in total. The first kappa shape index (κ1) is 24.1. The van der Waals surface area contributed by atoms with E-state index in [0.717, 1.165) is 23.4 Å². The topological polar surface area (TPSA) is 134 Å². The number of rotatable bonds is 6. The maximum Gasteiger partial charge on any atom is 0.490 e. The molecule has 170 valence electrons. The molecule has 2 heterocycles. The number of hydrogen-bond acceptors (Lipinski definition) is 5. The normalized spacial score (nSPS) is 18.3. The van der Waals surface area contributed by atoms with Gasteiger partial charge in [-0.15, -0.1) is 0 Å². The summed E-state index contributed by atoms with van der Waals surface area (Å²) in [6.45, 7) is 3.39. The molecule has 0 aliphatic carbocycles. The Hall–Kier alpha value is -3.15. The lowest BCUT2D eigenvalue weighted by atomic mass is 10.2. The van der Waals surface area contributed by atoms with E-state index in [1.165, 1.54) is 0 Å². The number of carboxylic acid groups (broad SMARTS) is 2. The number of imidazole rings is 1. The monoisotopic (exact) mass is 444 g/mol. The molecular formula is C19H23F3N4O5. The lowest BCUT2D eigenvalue weighted by Crippen LogP contribution is -2.45. The van der Waals surface area contributed by atoms with Crippen LogP contribution in [0.1, 0.15) is 25.6 Å². The van der Waals surface area contributed by atoms with Gasteiger partial charge >= 0.3 is 18.1 Å². The van der Waals surface area contributed by atoms with Crippen molar-refractivity contribution in [1.82, 2.24) is 20.2 Å². The van der Waals surface area contributed by atoms with Gasteiger partial charge in [0.15, 0.2) is 0 Å². The molecule has 1 aliphatic rings. The summed E-state index contributed by atoms with van der Waals surface area (Å²) in [5, 5.41) is 21.8. The first-order valence-electron chi connectivity index (χ1n) is 9.55. The van der Waals surface area contributed by atoms with Gasteiger partial charge in [0, 0.05) is 19.5 Å². The fourth-order valence-corrected chi connectivity index (χ4v) is 3.23. The Kier molecular flexibility index (Phi) is 7.97. The molecule has 1 aromatic heterocycles. The molecule has 0 spiro atoms. The van der Waals surface area contributed by atoms with Gasteiger partial charge in [-0.25, -0.2) is 9.78 Å². The van der Waals surface area contributed by atoms with Crippen molar-refractivity contribution >= 4 is 28.9 Å². The van der Waals surface area contributed by atoms with Crippen molar-refractivity contribution in [3.63, 3.8) is 0 Å². The van der Waals surface area contributed by atoms with Crippen molar-refractivity contribution in [3.05, 3.63) is 30.1 Å². The molecule has 1 amide bonds. The van der Waals surface area contributed by atoms with Crippen molar-refractivity contribution < 1.29 is 37.8 Å². The number of aliphatic carboxylic acids is 2. The van der Waals surface area contributed by atoms with E-state index in [-0.39, 0.29) is 5.91 Å². The number of nitrogens with zero attached hydrogens (tertiary/aromatic N) is 2. The van der Waals surface area contributed by atoms with Crippen molar-refractivity contribution in [1.29, 1.82) is 0 Å². The van der Waals surface area contributed by atoms with Gasteiger partial charge in [0.25, 0.3) is 0 Å². The highest BCUT2D eigenvalue weighted by Gasteiger charge is 2.38. The van der Waals surface area contributed by atoms with Crippen LogP contribution in [0, 0.1) is 0 Å². The van der Waals surface area contributed by atoms with Gasteiger partial charge in [0.2, 0.25) is 5.91 Å². The van der Waals surface area contributed by atoms with Crippen molar-refractivity contribution in [2.75, 3.05) is 6.54 Å². The zero-order valence-electron chi connectivity index (χ0n) is 16.6. The lowest BCUT2D eigenvalue weighted by molar-refractivity contribution is -0.192. The average molecular weight is 444 g/mol. The smallest absolute Gasteiger partial charge is 0.480 e. The largest absolute Gasteiger partial charge is 0.490 e. The predicted molar refractivity (Wildman–Crippen MR) is 103 cm³/mol. The number of carbonyl (C=O) groups excluding carboxylic acids is 1. The number of carbonyl (C=O) groups is 3. The Morgan fingerprint density at radius 1 is 1.19 bits per heavy atom. The van der Waals surface area contributed by atoms with Gasteiger partial charge in [-0.2, -0.15) is 13.2 Å². The Balaban J connectivity index is 0.000000423. The molecule has 0 radical (unpaired) electrons. The number of fused-ring (bicyclic) bond motifs is 1. The van der Waals surface area contributed by atoms with Crippen LogP contribution in [0.5, 0.6) is 0 Å². The Bertz CT molecular complexity index is 944. The van der Waals surface area contributed by atoms with Gasteiger partial charge in [-0.1, -0.05) is 12.1 Å². The summed E-state index contributed by atoms with van der Waals surface area (Å²) in [5.41, 5.74) is 2.06. The number of alkyl halides is 3. The maximum atomic E-state index is 12.1. The van der Waals surface area contributed by atoms with Gasteiger partial charge < -0.3 is 20.1 Å². The molecule has 2 atom stereocenters. The van der Waals surface area contributed by atoms with E-state index in [9.17, 15) is 22.8 Å². The second-order valence-electron chi connectivity index (χ2n) is 6.79. The van der Waals surface area contributed by atoms with Crippen molar-refractivity contribution in [2.45, 2.75) is 51.0 Å². The molecular weight excluding hydrogens is 421 g/mol. The zero-order valence-corrected chi connectivity index (χ0v) is 16.6. The number of nitrogens with one attached hydrogen (secondary N) is 2. The summed E-state index contributed by atoms with van der Waals surface area (Å²) in [5.74, 6) is -2.85. The fourth-order valence-electron chi connectivity index (χ4n) is 3.23. The number of carboxylic acids is 2. The van der Waals surface area contributed by atoms with E-state index < -0.39 is 30.2 Å². The third-order valence-corrected chi connectivity index (χ3v) is 4.70. The van der Waals surface area contributed by atoms with Crippen molar-refractivity contribution in [2.24, 2.45) is 0 Å². The molecule has 0 saturated carbocycles. The van der Waals surface area contributed by atoms with E-state index in [1.54, 1.807) is 0 Å². The van der Waals surface area contributed by atoms with Crippen LogP contribution < -0.4 is 10.6 Å². The molecule has 3 rings (SSSR count). The van der Waals surface area contributed by atoms with Crippen LogP contribution in [-0.2, 0) is 27.3 Å². The second-order valence-corrected chi connectivity index (χ2v) is 6.79. The van der Waals surface area contributed by atoms with E-state index in [4.69, 9.17) is 15.0 Å². The maximum absolute atomic E-state index is 12.1. The quantitative estimate of drug-likeness (QED) is 0.531. The molecule has 1 fully saturated rings. The molecule has 2 aromatic rings. The standard InChI is InChI=1S/C17H22N4O3.C2HF3O2/c1-2-21-14-6-4-3-5-11(14)20-15(21)9-10-18-16(22)12-7-8-13(19-12)17(23)24;3-2(4,5)1(6)7/h3-6,12-13,19H,2,7-10H2,1H3,(H,18,22)(H,23,24);(H,6,7)/t12-,13+;/m1./s1. The average Bonchev–Trinajstić information content (AvgIpc) is 3.32. The third-order valence-electron chi connectivity index (χ3n) is 4.70. The Morgan fingerprint density at radius 2 is 1.81 bits per heavy atom. The number of aromatic nitrogens is 2. The highest BCUT2D eigenvalue weighted by atomic mass is 19.4. The molecule has 0 unspecified atom stereocenters. The summed E-state index contributed by atoms with van der Waals surface area (Å²) in [4.78, 5) is 36.6. The third kappa shape index (κ3) is 6.41. The van der Waals surface area contributed by atoms with Crippen LogP contribution in [0.3, 0.4) is 0 Å². The number of hydrogen-bond donors (Lipinski definition) is 4. The first-order valence-corrected chi connectivity index (χ1v) is 9.55. The summed E-state index contributed by atoms with van der Waals surface area (Å²) in [7, 11) is 0. The minimum absolute atomic E-state index is 0.141. The Labute approximate surface area is 175 Å². The molecule has 9 nitrogen and oxygen atoms in total. The van der Waals surface area contributed by atoms with Crippen LogP contribution in [0.2, 0.25) is 0 Å². The molecule has 12 heteroatoms. The zero-order chi connectivity index (χ0) is 23.2. The van der Waals surface area contributed by atoms with Crippen LogP contribution in [0.15, 0.2) is 24.3 Å². The summed E-state index contributed by atoms with van der Waals surface area (Å²) in [6.07, 6.45) is -3.40. The number of benzene rings is 1. The number of amides is 1. The van der Waals surface area contributed by atoms with E-state index in [1.807, 2.05) is 24.3 Å².